The monoisotopic (exact) mass is 316 g/mol. The number of carboxylic acids is 1. The fourth-order valence-electron chi connectivity index (χ4n) is 2.32. The summed E-state index contributed by atoms with van der Waals surface area (Å²) in [6.45, 7) is 4.58. The second kappa shape index (κ2) is 6.17. The molecule has 1 aromatic heterocycles. The summed E-state index contributed by atoms with van der Waals surface area (Å²) in [5.41, 5.74) is -0.0368. The number of aromatic nitrogens is 1. The maximum atomic E-state index is 12.3. The van der Waals surface area contributed by atoms with Crippen molar-refractivity contribution in [3.05, 3.63) is 18.0 Å². The van der Waals surface area contributed by atoms with Crippen molar-refractivity contribution in [3.63, 3.8) is 0 Å². The Bertz CT molecular complexity index is 615. The molecule has 1 aliphatic rings. The van der Waals surface area contributed by atoms with Crippen molar-refractivity contribution in [2.24, 2.45) is 0 Å². The van der Waals surface area contributed by atoms with Crippen LogP contribution in [0.1, 0.15) is 43.2 Å². The van der Waals surface area contributed by atoms with E-state index in [4.69, 9.17) is 9.84 Å². The van der Waals surface area contributed by atoms with E-state index in [-0.39, 0.29) is 22.7 Å². The molecule has 0 aliphatic carbocycles. The highest BCUT2D eigenvalue weighted by molar-refractivity contribution is 7.89. The van der Waals surface area contributed by atoms with Crippen molar-refractivity contribution in [2.75, 3.05) is 13.2 Å². The Morgan fingerprint density at radius 1 is 1.52 bits per heavy atom. The van der Waals surface area contributed by atoms with Gasteiger partial charge in [-0.25, -0.2) is 17.9 Å². The van der Waals surface area contributed by atoms with Gasteiger partial charge in [-0.15, -0.1) is 0 Å². The maximum Gasteiger partial charge on any atom is 0.352 e. The van der Waals surface area contributed by atoms with Crippen molar-refractivity contribution in [1.29, 1.82) is 0 Å². The van der Waals surface area contributed by atoms with Gasteiger partial charge < -0.3 is 14.4 Å². The summed E-state index contributed by atoms with van der Waals surface area (Å²) in [5.74, 6) is -1.15. The first kappa shape index (κ1) is 16.0. The largest absolute Gasteiger partial charge is 0.477 e. The fourth-order valence-corrected chi connectivity index (χ4v) is 3.60. The third kappa shape index (κ3) is 3.63. The van der Waals surface area contributed by atoms with Gasteiger partial charge in [0.1, 0.15) is 10.6 Å². The topological polar surface area (TPSA) is 97.6 Å². The van der Waals surface area contributed by atoms with Gasteiger partial charge in [-0.1, -0.05) is 0 Å². The zero-order chi connectivity index (χ0) is 15.6. The number of sulfonamides is 1. The molecule has 1 aliphatic heterocycles. The predicted molar refractivity (Wildman–Crippen MR) is 75.9 cm³/mol. The molecular formula is C13H20N2O5S. The van der Waals surface area contributed by atoms with Crippen molar-refractivity contribution in [1.82, 2.24) is 9.29 Å². The van der Waals surface area contributed by atoms with Gasteiger partial charge in [-0.2, -0.15) is 0 Å². The molecule has 1 atom stereocenters. The van der Waals surface area contributed by atoms with Crippen molar-refractivity contribution in [3.8, 4) is 0 Å². The molecular weight excluding hydrogens is 296 g/mol. The summed E-state index contributed by atoms with van der Waals surface area (Å²) in [4.78, 5) is 11.2. The average Bonchev–Trinajstić information content (AvgIpc) is 2.85. The van der Waals surface area contributed by atoms with Crippen LogP contribution in [-0.2, 0) is 14.8 Å². The number of nitrogens with one attached hydrogen (secondary N) is 1. The SMILES string of the molecule is CC(C)n1cc(S(=O)(=O)NC2CCCOC2)cc1C(=O)O. The number of hydrogen-bond donors (Lipinski definition) is 2. The van der Waals surface area contributed by atoms with Gasteiger partial charge in [0, 0.05) is 24.9 Å². The van der Waals surface area contributed by atoms with Crippen molar-refractivity contribution in [2.45, 2.75) is 43.7 Å². The van der Waals surface area contributed by atoms with Crippen LogP contribution in [0.5, 0.6) is 0 Å². The molecule has 0 saturated carbocycles. The van der Waals surface area contributed by atoms with E-state index >= 15 is 0 Å². The molecule has 0 aromatic carbocycles. The van der Waals surface area contributed by atoms with Crippen LogP contribution >= 0.6 is 0 Å². The smallest absolute Gasteiger partial charge is 0.352 e. The third-order valence-corrected chi connectivity index (χ3v) is 4.88. The molecule has 0 bridgehead atoms. The van der Waals surface area contributed by atoms with Gasteiger partial charge in [0.15, 0.2) is 0 Å². The summed E-state index contributed by atoms with van der Waals surface area (Å²) in [6, 6.07) is 0.784. The quantitative estimate of drug-likeness (QED) is 0.851. The Balaban J connectivity index is 2.27. The molecule has 2 heterocycles. The highest BCUT2D eigenvalue weighted by Gasteiger charge is 2.26. The fraction of sp³-hybridized carbons (Fsp3) is 0.615. The molecule has 21 heavy (non-hydrogen) atoms. The van der Waals surface area contributed by atoms with E-state index in [1.165, 1.54) is 16.8 Å². The van der Waals surface area contributed by atoms with Gasteiger partial charge in [0.05, 0.1) is 6.61 Å². The molecule has 118 valence electrons. The van der Waals surface area contributed by atoms with E-state index in [0.29, 0.717) is 13.2 Å². The second-order valence-electron chi connectivity index (χ2n) is 5.40. The first-order valence-corrected chi connectivity index (χ1v) is 8.35. The number of carboxylic acid groups (broad SMARTS) is 1. The Morgan fingerprint density at radius 2 is 2.24 bits per heavy atom. The van der Waals surface area contributed by atoms with Crippen molar-refractivity contribution >= 4 is 16.0 Å². The first-order valence-electron chi connectivity index (χ1n) is 6.86. The summed E-state index contributed by atoms with van der Waals surface area (Å²) in [5, 5.41) is 9.16. The lowest BCUT2D eigenvalue weighted by Gasteiger charge is -2.22. The zero-order valence-corrected chi connectivity index (χ0v) is 12.9. The van der Waals surface area contributed by atoms with E-state index in [1.807, 2.05) is 0 Å². The number of aromatic carboxylic acids is 1. The summed E-state index contributed by atoms with van der Waals surface area (Å²) in [6.07, 6.45) is 2.89. The first-order chi connectivity index (χ1) is 9.81. The van der Waals surface area contributed by atoms with Crippen LogP contribution in [0.2, 0.25) is 0 Å². The minimum absolute atomic E-state index is 0.0285. The number of carbonyl (C=O) groups is 1. The average molecular weight is 316 g/mol. The van der Waals surface area contributed by atoms with Crippen LogP contribution < -0.4 is 4.72 Å². The van der Waals surface area contributed by atoms with E-state index in [0.717, 1.165) is 12.8 Å². The molecule has 2 N–H and O–H groups in total. The van der Waals surface area contributed by atoms with Gasteiger partial charge in [-0.3, -0.25) is 0 Å². The molecule has 1 saturated heterocycles. The standard InChI is InChI=1S/C13H20N2O5S/c1-9(2)15-7-11(6-12(15)13(16)17)21(18,19)14-10-4-3-5-20-8-10/h6-7,9-10,14H,3-5,8H2,1-2H3,(H,16,17). The molecule has 7 nitrogen and oxygen atoms in total. The lowest BCUT2D eigenvalue weighted by atomic mass is 10.1. The van der Waals surface area contributed by atoms with Gasteiger partial charge >= 0.3 is 5.97 Å². The van der Waals surface area contributed by atoms with E-state index in [9.17, 15) is 13.2 Å². The normalized spacial score (nSPS) is 19.9. The Hall–Kier alpha value is -1.38. The van der Waals surface area contributed by atoms with E-state index in [1.54, 1.807) is 13.8 Å². The second-order valence-corrected chi connectivity index (χ2v) is 7.12. The Labute approximate surface area is 124 Å². The van der Waals surface area contributed by atoms with Crippen LogP contribution in [0.15, 0.2) is 17.2 Å². The Morgan fingerprint density at radius 3 is 2.71 bits per heavy atom. The molecule has 0 spiro atoms. The van der Waals surface area contributed by atoms with E-state index < -0.39 is 16.0 Å². The summed E-state index contributed by atoms with van der Waals surface area (Å²) >= 11 is 0. The number of hydrogen-bond acceptors (Lipinski definition) is 4. The number of ether oxygens (including phenoxy) is 1. The molecule has 0 radical (unpaired) electrons. The van der Waals surface area contributed by atoms with Crippen LogP contribution in [0.25, 0.3) is 0 Å². The van der Waals surface area contributed by atoms with Crippen molar-refractivity contribution < 1.29 is 23.1 Å². The Kier molecular flexibility index (Phi) is 4.70. The lowest BCUT2D eigenvalue weighted by molar-refractivity contribution is 0.0683. The highest BCUT2D eigenvalue weighted by Crippen LogP contribution is 2.20. The molecule has 8 heteroatoms. The van der Waals surface area contributed by atoms with E-state index in [2.05, 4.69) is 4.72 Å². The molecule has 2 rings (SSSR count). The van der Waals surface area contributed by atoms with Gasteiger partial charge in [-0.05, 0) is 32.8 Å². The molecule has 1 fully saturated rings. The van der Waals surface area contributed by atoms with Crippen LogP contribution in [-0.4, -0.2) is 43.3 Å². The summed E-state index contributed by atoms with van der Waals surface area (Å²) in [7, 11) is -3.74. The van der Waals surface area contributed by atoms with Crippen LogP contribution in [0.4, 0.5) is 0 Å². The highest BCUT2D eigenvalue weighted by atomic mass is 32.2. The minimum Gasteiger partial charge on any atom is -0.477 e. The molecule has 1 aromatic rings. The molecule has 1 unspecified atom stereocenters. The van der Waals surface area contributed by atoms with Gasteiger partial charge in [0.2, 0.25) is 10.0 Å². The maximum absolute atomic E-state index is 12.3. The summed E-state index contributed by atoms with van der Waals surface area (Å²) < 4.78 is 33.9. The minimum atomic E-state index is -3.74. The number of rotatable bonds is 5. The predicted octanol–water partition coefficient (Wildman–Crippen LogP) is 1.22. The molecule has 0 amide bonds. The van der Waals surface area contributed by atoms with Crippen LogP contribution in [0, 0.1) is 0 Å². The van der Waals surface area contributed by atoms with Gasteiger partial charge in [0.25, 0.3) is 0 Å². The lowest BCUT2D eigenvalue weighted by Crippen LogP contribution is -2.40. The number of nitrogens with zero attached hydrogens (tertiary/aromatic N) is 1. The third-order valence-electron chi connectivity index (χ3n) is 3.39. The zero-order valence-electron chi connectivity index (χ0n) is 12.1. The van der Waals surface area contributed by atoms with Crippen LogP contribution in [0.3, 0.4) is 0 Å².